The lowest BCUT2D eigenvalue weighted by atomic mass is 9.77. The maximum atomic E-state index is 12.0. The Labute approximate surface area is 119 Å². The molecule has 2 N–H and O–H groups in total. The number of amides is 1. The predicted molar refractivity (Wildman–Crippen MR) is 73.5 cm³/mol. The van der Waals surface area contributed by atoms with Gasteiger partial charge in [0.2, 0.25) is 0 Å². The van der Waals surface area contributed by atoms with E-state index in [-0.39, 0.29) is 24.9 Å². The van der Waals surface area contributed by atoms with Crippen LogP contribution in [0.5, 0.6) is 0 Å². The molecule has 1 heterocycles. The smallest absolute Gasteiger partial charge is 0.408 e. The molecule has 6 heteroatoms. The Balaban J connectivity index is 2.89. The van der Waals surface area contributed by atoms with Crippen molar-refractivity contribution in [1.82, 2.24) is 5.32 Å². The van der Waals surface area contributed by atoms with Crippen LogP contribution >= 0.6 is 0 Å². The Hall–Kier alpha value is -1.30. The molecule has 6 nitrogen and oxygen atoms in total. The fourth-order valence-electron chi connectivity index (χ4n) is 2.60. The van der Waals surface area contributed by atoms with Gasteiger partial charge in [-0.3, -0.25) is 4.79 Å². The highest BCUT2D eigenvalue weighted by Gasteiger charge is 2.48. The fraction of sp³-hybridized carbons (Fsp3) is 0.857. The molecule has 2 unspecified atom stereocenters. The first kappa shape index (κ1) is 16.8. The normalized spacial score (nSPS) is 26.6. The molecule has 0 aromatic heterocycles. The van der Waals surface area contributed by atoms with E-state index in [0.717, 1.165) is 0 Å². The third-order valence-corrected chi connectivity index (χ3v) is 3.39. The van der Waals surface area contributed by atoms with Crippen LogP contribution in [0.2, 0.25) is 0 Å². The molecular weight excluding hydrogens is 262 g/mol. The average Bonchev–Trinajstić information content (AvgIpc) is 2.56. The van der Waals surface area contributed by atoms with Crippen molar-refractivity contribution in [3.8, 4) is 0 Å². The van der Waals surface area contributed by atoms with Crippen molar-refractivity contribution in [3.05, 3.63) is 0 Å². The van der Waals surface area contributed by atoms with Gasteiger partial charge >= 0.3 is 12.1 Å². The Morgan fingerprint density at radius 1 is 1.45 bits per heavy atom. The minimum atomic E-state index is -0.961. The van der Waals surface area contributed by atoms with Gasteiger partial charge in [0.1, 0.15) is 5.60 Å². The number of carbonyl (C=O) groups excluding carboxylic acids is 1. The standard InChI is InChI=1S/C14H25NO5/c1-9(2)10-7-19-8-14(10,6-11(16)17)15-12(18)20-13(3,4)5/h9-10H,6-8H2,1-5H3,(H,15,18)(H,16,17). The monoisotopic (exact) mass is 287 g/mol. The van der Waals surface area contributed by atoms with E-state index in [1.807, 2.05) is 13.8 Å². The number of aliphatic carboxylic acids is 1. The van der Waals surface area contributed by atoms with Gasteiger partial charge in [0.15, 0.2) is 0 Å². The maximum Gasteiger partial charge on any atom is 0.408 e. The van der Waals surface area contributed by atoms with E-state index < -0.39 is 23.2 Å². The van der Waals surface area contributed by atoms with Gasteiger partial charge in [-0.1, -0.05) is 13.8 Å². The summed E-state index contributed by atoms with van der Waals surface area (Å²) in [7, 11) is 0. The summed E-state index contributed by atoms with van der Waals surface area (Å²) in [6, 6.07) is 0. The molecule has 0 aromatic rings. The van der Waals surface area contributed by atoms with Crippen LogP contribution in [0, 0.1) is 11.8 Å². The third-order valence-electron chi connectivity index (χ3n) is 3.39. The van der Waals surface area contributed by atoms with Crippen molar-refractivity contribution in [2.45, 2.75) is 52.2 Å². The van der Waals surface area contributed by atoms with Crippen LogP contribution in [0.4, 0.5) is 4.79 Å². The lowest BCUT2D eigenvalue weighted by Gasteiger charge is -2.36. The van der Waals surface area contributed by atoms with Crippen LogP contribution in [-0.4, -0.2) is 41.5 Å². The largest absolute Gasteiger partial charge is 0.481 e. The quantitative estimate of drug-likeness (QED) is 0.826. The molecule has 2 atom stereocenters. The topological polar surface area (TPSA) is 84.9 Å². The zero-order valence-corrected chi connectivity index (χ0v) is 12.9. The highest BCUT2D eigenvalue weighted by atomic mass is 16.6. The molecule has 0 aromatic carbocycles. The Morgan fingerprint density at radius 3 is 2.50 bits per heavy atom. The number of carbonyl (C=O) groups is 2. The molecule has 0 radical (unpaired) electrons. The van der Waals surface area contributed by atoms with Crippen LogP contribution < -0.4 is 5.32 Å². The number of rotatable bonds is 4. The number of ether oxygens (including phenoxy) is 2. The van der Waals surface area contributed by atoms with Crippen molar-refractivity contribution in [2.75, 3.05) is 13.2 Å². The van der Waals surface area contributed by atoms with Crippen LogP contribution in [0.25, 0.3) is 0 Å². The minimum absolute atomic E-state index is 0.0499. The number of nitrogens with one attached hydrogen (secondary N) is 1. The summed E-state index contributed by atoms with van der Waals surface area (Å²) in [4.78, 5) is 23.1. The number of hydrogen-bond acceptors (Lipinski definition) is 4. The summed E-state index contributed by atoms with van der Waals surface area (Å²) in [5.41, 5.74) is -1.52. The molecule has 1 rings (SSSR count). The van der Waals surface area contributed by atoms with Crippen molar-refractivity contribution in [2.24, 2.45) is 11.8 Å². The molecular formula is C14H25NO5. The first-order valence-corrected chi connectivity index (χ1v) is 6.86. The summed E-state index contributed by atoms with van der Waals surface area (Å²) in [6.45, 7) is 9.92. The molecule has 0 bridgehead atoms. The van der Waals surface area contributed by atoms with E-state index >= 15 is 0 Å². The van der Waals surface area contributed by atoms with Crippen LogP contribution in [0.1, 0.15) is 41.0 Å². The molecule has 0 aliphatic carbocycles. The fourth-order valence-corrected chi connectivity index (χ4v) is 2.60. The lowest BCUT2D eigenvalue weighted by molar-refractivity contribution is -0.139. The molecule has 1 fully saturated rings. The molecule has 1 amide bonds. The highest BCUT2D eigenvalue weighted by Crippen LogP contribution is 2.34. The molecule has 0 saturated carbocycles. The van der Waals surface area contributed by atoms with Gasteiger partial charge in [0.25, 0.3) is 0 Å². The van der Waals surface area contributed by atoms with Crippen LogP contribution in [-0.2, 0) is 14.3 Å². The minimum Gasteiger partial charge on any atom is -0.481 e. The zero-order chi connectivity index (χ0) is 15.6. The predicted octanol–water partition coefficient (Wildman–Crippen LogP) is 2.03. The number of carboxylic acid groups (broad SMARTS) is 1. The third kappa shape index (κ3) is 4.37. The summed E-state index contributed by atoms with van der Waals surface area (Å²) in [5, 5.41) is 11.9. The molecule has 1 aliphatic heterocycles. The van der Waals surface area contributed by atoms with E-state index in [0.29, 0.717) is 6.61 Å². The van der Waals surface area contributed by atoms with E-state index in [2.05, 4.69) is 5.32 Å². The Morgan fingerprint density at radius 2 is 2.05 bits per heavy atom. The maximum absolute atomic E-state index is 12.0. The summed E-state index contributed by atoms with van der Waals surface area (Å²) in [5.74, 6) is -0.810. The average molecular weight is 287 g/mol. The molecule has 116 valence electrons. The van der Waals surface area contributed by atoms with E-state index in [9.17, 15) is 9.59 Å². The van der Waals surface area contributed by atoms with Gasteiger partial charge in [-0.05, 0) is 26.7 Å². The van der Waals surface area contributed by atoms with Gasteiger partial charge in [0.05, 0.1) is 25.2 Å². The van der Waals surface area contributed by atoms with Gasteiger partial charge in [0, 0.05) is 5.92 Å². The zero-order valence-electron chi connectivity index (χ0n) is 12.9. The number of carboxylic acids is 1. The van der Waals surface area contributed by atoms with Crippen molar-refractivity contribution in [1.29, 1.82) is 0 Å². The van der Waals surface area contributed by atoms with Crippen LogP contribution in [0.3, 0.4) is 0 Å². The second-order valence-electron chi connectivity index (χ2n) is 6.72. The second-order valence-corrected chi connectivity index (χ2v) is 6.72. The van der Waals surface area contributed by atoms with Gasteiger partial charge in [-0.25, -0.2) is 4.79 Å². The molecule has 20 heavy (non-hydrogen) atoms. The van der Waals surface area contributed by atoms with Crippen molar-refractivity contribution >= 4 is 12.1 Å². The van der Waals surface area contributed by atoms with Crippen molar-refractivity contribution in [3.63, 3.8) is 0 Å². The summed E-state index contributed by atoms with van der Waals surface area (Å²) < 4.78 is 10.7. The van der Waals surface area contributed by atoms with Gasteiger partial charge < -0.3 is 19.9 Å². The Bertz CT molecular complexity index is 374. The SMILES string of the molecule is CC(C)C1COCC1(CC(=O)O)NC(=O)OC(C)(C)C. The molecule has 0 spiro atoms. The van der Waals surface area contributed by atoms with E-state index in [1.165, 1.54) is 0 Å². The Kier molecular flexibility index (Phi) is 5.02. The molecule has 1 aliphatic rings. The van der Waals surface area contributed by atoms with E-state index in [1.54, 1.807) is 20.8 Å². The highest BCUT2D eigenvalue weighted by molar-refractivity contribution is 5.73. The lowest BCUT2D eigenvalue weighted by Crippen LogP contribution is -2.57. The first-order chi connectivity index (χ1) is 9.06. The number of alkyl carbamates (subject to hydrolysis) is 1. The number of hydrogen-bond donors (Lipinski definition) is 2. The summed E-state index contributed by atoms with van der Waals surface area (Å²) in [6.07, 6.45) is -0.773. The summed E-state index contributed by atoms with van der Waals surface area (Å²) >= 11 is 0. The van der Waals surface area contributed by atoms with Gasteiger partial charge in [-0.15, -0.1) is 0 Å². The van der Waals surface area contributed by atoms with E-state index in [4.69, 9.17) is 14.6 Å². The van der Waals surface area contributed by atoms with Gasteiger partial charge in [-0.2, -0.15) is 0 Å². The first-order valence-electron chi connectivity index (χ1n) is 6.86. The van der Waals surface area contributed by atoms with Crippen LogP contribution in [0.15, 0.2) is 0 Å². The molecule has 1 saturated heterocycles. The second kappa shape index (κ2) is 5.99. The van der Waals surface area contributed by atoms with Crippen molar-refractivity contribution < 1.29 is 24.2 Å².